The predicted molar refractivity (Wildman–Crippen MR) is 78.1 cm³/mol. The summed E-state index contributed by atoms with van der Waals surface area (Å²) in [5.41, 5.74) is 0.477. The van der Waals surface area contributed by atoms with Crippen molar-refractivity contribution in [3.63, 3.8) is 0 Å². The molecule has 0 bridgehead atoms. The molecule has 0 aliphatic heterocycles. The maximum absolute atomic E-state index is 12.2. The number of sulfone groups is 1. The van der Waals surface area contributed by atoms with E-state index in [2.05, 4.69) is 0 Å². The van der Waals surface area contributed by atoms with Crippen molar-refractivity contribution in [1.29, 1.82) is 0 Å². The summed E-state index contributed by atoms with van der Waals surface area (Å²) in [6, 6.07) is 4.03. The molecule has 116 valence electrons. The minimum absolute atomic E-state index is 0.0252. The van der Waals surface area contributed by atoms with Gasteiger partial charge < -0.3 is 10.0 Å². The van der Waals surface area contributed by atoms with Gasteiger partial charge in [-0.3, -0.25) is 4.79 Å². The van der Waals surface area contributed by atoms with Crippen molar-refractivity contribution in [2.24, 2.45) is 0 Å². The van der Waals surface area contributed by atoms with Gasteiger partial charge in [-0.15, -0.1) is 0 Å². The van der Waals surface area contributed by atoms with Gasteiger partial charge >= 0.3 is 5.97 Å². The molecule has 0 heterocycles. The van der Waals surface area contributed by atoms with Crippen LogP contribution in [0.3, 0.4) is 0 Å². The third-order valence-corrected chi connectivity index (χ3v) is 4.90. The molecule has 0 saturated carbocycles. The Hall–Kier alpha value is -1.89. The van der Waals surface area contributed by atoms with Crippen LogP contribution in [-0.2, 0) is 14.6 Å². The molecule has 1 aromatic carbocycles. The van der Waals surface area contributed by atoms with Gasteiger partial charge in [0.25, 0.3) is 0 Å². The van der Waals surface area contributed by atoms with Gasteiger partial charge in [-0.05, 0) is 31.0 Å². The Morgan fingerprint density at radius 1 is 1.24 bits per heavy atom. The normalized spacial score (nSPS) is 11.2. The lowest BCUT2D eigenvalue weighted by Gasteiger charge is -2.10. The standard InChI is InChI=1S/C14H19NO5S/c1-10-6-7-11(9-12(10)14(17)18)21(19,20)8-4-5-13(16)15(2)3/h6-7,9H,4-5,8H2,1-3H3,(H,17,18). The number of carboxylic acids is 1. The van der Waals surface area contributed by atoms with Crippen molar-refractivity contribution >= 4 is 21.7 Å². The predicted octanol–water partition coefficient (Wildman–Crippen LogP) is 1.34. The Morgan fingerprint density at radius 3 is 2.38 bits per heavy atom. The van der Waals surface area contributed by atoms with Gasteiger partial charge in [0.05, 0.1) is 16.2 Å². The third kappa shape index (κ3) is 4.56. The van der Waals surface area contributed by atoms with Gasteiger partial charge in [-0.25, -0.2) is 13.2 Å². The first kappa shape index (κ1) is 17.2. The molecule has 0 aliphatic rings. The van der Waals surface area contributed by atoms with Gasteiger partial charge in [0.15, 0.2) is 9.84 Å². The molecule has 0 fully saturated rings. The first-order valence-electron chi connectivity index (χ1n) is 6.42. The first-order valence-corrected chi connectivity index (χ1v) is 8.07. The largest absolute Gasteiger partial charge is 0.478 e. The van der Waals surface area contributed by atoms with Gasteiger partial charge in [0, 0.05) is 20.5 Å². The highest BCUT2D eigenvalue weighted by Gasteiger charge is 2.18. The van der Waals surface area contributed by atoms with Crippen LogP contribution in [0.15, 0.2) is 23.1 Å². The van der Waals surface area contributed by atoms with E-state index >= 15 is 0 Å². The number of aromatic carboxylic acids is 1. The molecule has 1 aromatic rings. The van der Waals surface area contributed by atoms with Gasteiger partial charge in [-0.2, -0.15) is 0 Å². The molecule has 1 N–H and O–H groups in total. The van der Waals surface area contributed by atoms with Gasteiger partial charge in [-0.1, -0.05) is 6.07 Å². The van der Waals surface area contributed by atoms with Crippen LogP contribution in [0.25, 0.3) is 0 Å². The fraction of sp³-hybridized carbons (Fsp3) is 0.429. The minimum atomic E-state index is -3.59. The van der Waals surface area contributed by atoms with Crippen LogP contribution in [0.1, 0.15) is 28.8 Å². The van der Waals surface area contributed by atoms with Gasteiger partial charge in [0.1, 0.15) is 0 Å². The van der Waals surface area contributed by atoms with E-state index in [1.807, 2.05) is 0 Å². The zero-order chi connectivity index (χ0) is 16.2. The Morgan fingerprint density at radius 2 is 1.86 bits per heavy atom. The van der Waals surface area contributed by atoms with E-state index in [4.69, 9.17) is 5.11 Å². The molecule has 0 spiro atoms. The van der Waals surface area contributed by atoms with Crippen LogP contribution in [0, 0.1) is 6.92 Å². The second-order valence-electron chi connectivity index (χ2n) is 4.99. The molecule has 1 rings (SSSR count). The molecule has 0 unspecified atom stereocenters. The van der Waals surface area contributed by atoms with Crippen LogP contribution >= 0.6 is 0 Å². The Bertz CT molecular complexity index is 649. The van der Waals surface area contributed by atoms with Crippen molar-refractivity contribution in [2.75, 3.05) is 19.8 Å². The molecule has 0 radical (unpaired) electrons. The Labute approximate surface area is 124 Å². The van der Waals surface area contributed by atoms with Crippen molar-refractivity contribution < 1.29 is 23.1 Å². The molecular weight excluding hydrogens is 294 g/mol. The first-order chi connectivity index (χ1) is 9.65. The lowest BCUT2D eigenvalue weighted by Crippen LogP contribution is -2.22. The van der Waals surface area contributed by atoms with Crippen molar-refractivity contribution in [1.82, 2.24) is 4.90 Å². The number of nitrogens with zero attached hydrogens (tertiary/aromatic N) is 1. The second-order valence-corrected chi connectivity index (χ2v) is 7.10. The third-order valence-electron chi connectivity index (χ3n) is 3.10. The Balaban J connectivity index is 2.86. The second kappa shape index (κ2) is 6.71. The number of amides is 1. The highest BCUT2D eigenvalue weighted by Crippen LogP contribution is 2.18. The Kier molecular flexibility index (Phi) is 5.48. The molecule has 21 heavy (non-hydrogen) atoms. The maximum atomic E-state index is 12.2. The summed E-state index contributed by atoms with van der Waals surface area (Å²) in [7, 11) is -0.374. The molecule has 0 saturated heterocycles. The molecule has 1 amide bonds. The summed E-state index contributed by atoms with van der Waals surface area (Å²) in [5, 5.41) is 9.02. The maximum Gasteiger partial charge on any atom is 0.335 e. The van der Waals surface area contributed by atoms with Gasteiger partial charge in [0.2, 0.25) is 5.91 Å². The lowest BCUT2D eigenvalue weighted by molar-refractivity contribution is -0.128. The highest BCUT2D eigenvalue weighted by atomic mass is 32.2. The number of carbonyl (C=O) groups excluding carboxylic acids is 1. The summed E-state index contributed by atoms with van der Waals surface area (Å²) in [4.78, 5) is 23.8. The number of carboxylic acid groups (broad SMARTS) is 1. The number of benzene rings is 1. The van der Waals surface area contributed by atoms with Crippen LogP contribution in [0.2, 0.25) is 0 Å². The van der Waals surface area contributed by atoms with E-state index in [1.165, 1.54) is 23.1 Å². The average molecular weight is 313 g/mol. The molecule has 6 nitrogen and oxygen atoms in total. The fourth-order valence-corrected chi connectivity index (χ4v) is 3.11. The van der Waals surface area contributed by atoms with Crippen molar-refractivity contribution in [2.45, 2.75) is 24.7 Å². The summed E-state index contributed by atoms with van der Waals surface area (Å²) >= 11 is 0. The van der Waals surface area contributed by atoms with Crippen LogP contribution < -0.4 is 0 Å². The van der Waals surface area contributed by atoms with Crippen molar-refractivity contribution in [3.8, 4) is 0 Å². The quantitative estimate of drug-likeness (QED) is 0.855. The van der Waals surface area contributed by atoms with E-state index in [-0.39, 0.29) is 35.0 Å². The SMILES string of the molecule is Cc1ccc(S(=O)(=O)CCCC(=O)N(C)C)cc1C(=O)O. The minimum Gasteiger partial charge on any atom is -0.478 e. The molecule has 0 aromatic heterocycles. The van der Waals surface area contributed by atoms with Crippen LogP contribution in [-0.4, -0.2) is 50.1 Å². The zero-order valence-electron chi connectivity index (χ0n) is 12.3. The summed E-state index contributed by atoms with van der Waals surface area (Å²) in [5.74, 6) is -1.48. The number of hydrogen-bond acceptors (Lipinski definition) is 4. The van der Waals surface area contributed by atoms with E-state index in [1.54, 1.807) is 21.0 Å². The number of rotatable bonds is 6. The lowest BCUT2D eigenvalue weighted by atomic mass is 10.1. The van der Waals surface area contributed by atoms with Crippen LogP contribution in [0.4, 0.5) is 0 Å². The summed E-state index contributed by atoms with van der Waals surface area (Å²) in [6.07, 6.45) is 0.347. The smallest absolute Gasteiger partial charge is 0.335 e. The van der Waals surface area contributed by atoms with E-state index < -0.39 is 15.8 Å². The molecule has 0 atom stereocenters. The van der Waals surface area contributed by atoms with Crippen LogP contribution in [0.5, 0.6) is 0 Å². The summed E-state index contributed by atoms with van der Waals surface area (Å²) < 4.78 is 24.3. The summed E-state index contributed by atoms with van der Waals surface area (Å²) in [6.45, 7) is 1.61. The molecule has 0 aliphatic carbocycles. The highest BCUT2D eigenvalue weighted by molar-refractivity contribution is 7.91. The van der Waals surface area contributed by atoms with E-state index in [0.29, 0.717) is 5.56 Å². The fourth-order valence-electron chi connectivity index (χ4n) is 1.78. The topological polar surface area (TPSA) is 91.8 Å². The number of hydrogen-bond donors (Lipinski definition) is 1. The van der Waals surface area contributed by atoms with E-state index in [9.17, 15) is 18.0 Å². The number of aryl methyl sites for hydroxylation is 1. The number of carbonyl (C=O) groups is 2. The van der Waals surface area contributed by atoms with E-state index in [0.717, 1.165) is 0 Å². The average Bonchev–Trinajstić information content (AvgIpc) is 2.38. The van der Waals surface area contributed by atoms with Crippen molar-refractivity contribution in [3.05, 3.63) is 29.3 Å². The monoisotopic (exact) mass is 313 g/mol. The molecule has 7 heteroatoms. The zero-order valence-corrected chi connectivity index (χ0v) is 13.1. The molecular formula is C14H19NO5S.